The average molecular weight is 537 g/mol. The molecule has 5 nitrogen and oxygen atoms in total. The van der Waals surface area contributed by atoms with Gasteiger partial charge in [0.2, 0.25) is 5.91 Å². The summed E-state index contributed by atoms with van der Waals surface area (Å²) in [6, 6.07) is 24.5. The maximum atomic E-state index is 13.6. The van der Waals surface area contributed by atoms with Crippen LogP contribution in [-0.2, 0) is 22.6 Å². The third-order valence-electron chi connectivity index (χ3n) is 5.89. The van der Waals surface area contributed by atoms with Crippen LogP contribution in [0.2, 0.25) is 0 Å². The quantitative estimate of drug-likeness (QED) is 0.342. The number of ether oxygens (including phenoxy) is 1. The van der Waals surface area contributed by atoms with Crippen LogP contribution in [0.1, 0.15) is 37.0 Å². The molecule has 0 aliphatic rings. The number of rotatable bonds is 11. The lowest BCUT2D eigenvalue weighted by Crippen LogP contribution is -2.53. The summed E-state index contributed by atoms with van der Waals surface area (Å²) in [5, 5.41) is 3.08. The van der Waals surface area contributed by atoms with Gasteiger partial charge in [-0.1, -0.05) is 77.5 Å². The molecule has 0 radical (unpaired) electrons. The lowest BCUT2D eigenvalue weighted by molar-refractivity contribution is -0.143. The van der Waals surface area contributed by atoms with Gasteiger partial charge in [-0.3, -0.25) is 9.59 Å². The van der Waals surface area contributed by atoms with Gasteiger partial charge >= 0.3 is 0 Å². The van der Waals surface area contributed by atoms with Crippen LogP contribution in [0.4, 0.5) is 0 Å². The summed E-state index contributed by atoms with van der Waals surface area (Å²) in [6.07, 6.45) is 1.22. The Morgan fingerprint density at radius 2 is 1.69 bits per heavy atom. The van der Waals surface area contributed by atoms with Crippen LogP contribution in [0.5, 0.6) is 5.75 Å². The van der Waals surface area contributed by atoms with Crippen LogP contribution in [0, 0.1) is 6.92 Å². The first-order valence-corrected chi connectivity index (χ1v) is 12.7. The molecule has 0 fully saturated rings. The van der Waals surface area contributed by atoms with Crippen molar-refractivity contribution >= 4 is 27.7 Å². The van der Waals surface area contributed by atoms with E-state index in [-0.39, 0.29) is 24.5 Å². The second-order valence-electron chi connectivity index (χ2n) is 8.78. The zero-order valence-corrected chi connectivity index (χ0v) is 22.1. The molecule has 2 amide bonds. The first-order chi connectivity index (χ1) is 16.9. The number of carbonyl (C=O) groups is 2. The lowest BCUT2D eigenvalue weighted by Gasteiger charge is -2.32. The Kier molecular flexibility index (Phi) is 9.91. The van der Waals surface area contributed by atoms with Crippen LogP contribution < -0.4 is 10.1 Å². The normalized spacial score (nSPS) is 12.5. The molecule has 0 spiro atoms. The molecule has 3 aromatic rings. The summed E-state index contributed by atoms with van der Waals surface area (Å²) < 4.78 is 6.79. The number of nitrogens with one attached hydrogen (secondary N) is 1. The van der Waals surface area contributed by atoms with E-state index in [2.05, 4.69) is 21.2 Å². The molecule has 0 heterocycles. The lowest BCUT2D eigenvalue weighted by atomic mass is 10.0. The molecule has 35 heavy (non-hydrogen) atoms. The van der Waals surface area contributed by atoms with Crippen molar-refractivity contribution in [3.05, 3.63) is 100 Å². The van der Waals surface area contributed by atoms with Crippen molar-refractivity contribution in [2.24, 2.45) is 0 Å². The number of carbonyl (C=O) groups excluding carboxylic acids is 2. The molecule has 0 saturated carbocycles. The zero-order chi connectivity index (χ0) is 25.2. The van der Waals surface area contributed by atoms with Crippen molar-refractivity contribution in [3.8, 4) is 5.75 Å². The Bertz CT molecular complexity index is 1100. The highest BCUT2D eigenvalue weighted by molar-refractivity contribution is 9.10. The van der Waals surface area contributed by atoms with E-state index < -0.39 is 6.04 Å². The highest BCUT2D eigenvalue weighted by atomic mass is 79.9. The third-order valence-corrected chi connectivity index (χ3v) is 6.42. The van der Waals surface area contributed by atoms with E-state index >= 15 is 0 Å². The molecule has 3 rings (SSSR count). The predicted octanol–water partition coefficient (Wildman–Crippen LogP) is 5.69. The molecule has 0 bridgehead atoms. The van der Waals surface area contributed by atoms with E-state index in [1.165, 1.54) is 0 Å². The number of amides is 2. The molecule has 1 N–H and O–H groups in total. The summed E-state index contributed by atoms with van der Waals surface area (Å²) in [5.41, 5.74) is 2.98. The van der Waals surface area contributed by atoms with Crippen LogP contribution >= 0.6 is 15.9 Å². The van der Waals surface area contributed by atoms with Crippen LogP contribution in [-0.4, -0.2) is 35.4 Å². The molecule has 184 valence electrons. The van der Waals surface area contributed by atoms with E-state index in [4.69, 9.17) is 4.74 Å². The fourth-order valence-electron chi connectivity index (χ4n) is 3.71. The largest absolute Gasteiger partial charge is 0.484 e. The molecular weight excluding hydrogens is 504 g/mol. The molecule has 0 aliphatic heterocycles. The molecule has 2 atom stereocenters. The highest BCUT2D eigenvalue weighted by Crippen LogP contribution is 2.18. The number of nitrogens with zero attached hydrogens (tertiary/aromatic N) is 1. The van der Waals surface area contributed by atoms with Gasteiger partial charge in [0.25, 0.3) is 5.91 Å². The van der Waals surface area contributed by atoms with Crippen LogP contribution in [0.25, 0.3) is 0 Å². The Morgan fingerprint density at radius 3 is 2.34 bits per heavy atom. The van der Waals surface area contributed by atoms with Crippen molar-refractivity contribution in [1.29, 1.82) is 0 Å². The molecule has 0 aliphatic carbocycles. The number of hydrogen-bond acceptors (Lipinski definition) is 3. The van der Waals surface area contributed by atoms with Gasteiger partial charge in [0.05, 0.1) is 0 Å². The van der Waals surface area contributed by atoms with Gasteiger partial charge in [0.1, 0.15) is 11.8 Å². The minimum Gasteiger partial charge on any atom is -0.484 e. The van der Waals surface area contributed by atoms with Crippen LogP contribution in [0.15, 0.2) is 83.3 Å². The maximum Gasteiger partial charge on any atom is 0.261 e. The van der Waals surface area contributed by atoms with Gasteiger partial charge in [0.15, 0.2) is 6.61 Å². The molecule has 6 heteroatoms. The first kappa shape index (κ1) is 26.5. The third kappa shape index (κ3) is 8.25. The molecule has 0 aromatic heterocycles. The van der Waals surface area contributed by atoms with Gasteiger partial charge in [-0.25, -0.2) is 0 Å². The predicted molar refractivity (Wildman–Crippen MR) is 143 cm³/mol. The minimum absolute atomic E-state index is 0.00829. The SMILES string of the molecule is CC[C@H](C)NC(=O)[C@H](Cc1ccccc1)N(Cc1ccc(Br)cc1)C(=O)COc1cccc(C)c1. The summed E-state index contributed by atoms with van der Waals surface area (Å²) in [5.74, 6) is 0.226. The van der Waals surface area contributed by atoms with E-state index in [1.54, 1.807) is 4.90 Å². The van der Waals surface area contributed by atoms with E-state index in [1.807, 2.05) is 99.6 Å². The monoisotopic (exact) mass is 536 g/mol. The summed E-state index contributed by atoms with van der Waals surface area (Å²) in [7, 11) is 0. The van der Waals surface area contributed by atoms with Gasteiger partial charge in [-0.15, -0.1) is 0 Å². The summed E-state index contributed by atoms with van der Waals surface area (Å²) in [4.78, 5) is 28.7. The minimum atomic E-state index is -0.677. The van der Waals surface area contributed by atoms with Crippen molar-refractivity contribution in [3.63, 3.8) is 0 Å². The second kappa shape index (κ2) is 13.1. The van der Waals surface area contributed by atoms with Gasteiger partial charge < -0.3 is 15.0 Å². The van der Waals surface area contributed by atoms with Gasteiger partial charge in [-0.2, -0.15) is 0 Å². The molecule has 0 unspecified atom stereocenters. The van der Waals surface area contributed by atoms with Crippen molar-refractivity contribution in [1.82, 2.24) is 10.2 Å². The van der Waals surface area contributed by atoms with E-state index in [0.29, 0.717) is 18.7 Å². The summed E-state index contributed by atoms with van der Waals surface area (Å²) >= 11 is 3.46. The Labute approximate surface area is 216 Å². The number of hydrogen-bond donors (Lipinski definition) is 1. The fourth-order valence-corrected chi connectivity index (χ4v) is 3.98. The van der Waals surface area contributed by atoms with E-state index in [0.717, 1.165) is 27.6 Å². The highest BCUT2D eigenvalue weighted by Gasteiger charge is 2.31. The standard InChI is InChI=1S/C29H33BrN2O3/c1-4-22(3)31-29(34)27(18-23-10-6-5-7-11-23)32(19-24-13-15-25(30)16-14-24)28(33)20-35-26-12-8-9-21(2)17-26/h5-17,22,27H,4,18-20H2,1-3H3,(H,31,34)/t22-,27-/m0/s1. The van der Waals surface area contributed by atoms with Gasteiger partial charge in [0, 0.05) is 23.5 Å². The van der Waals surface area contributed by atoms with Crippen molar-refractivity contribution < 1.29 is 14.3 Å². The maximum absolute atomic E-state index is 13.6. The average Bonchev–Trinajstić information content (AvgIpc) is 2.86. The smallest absolute Gasteiger partial charge is 0.261 e. The Morgan fingerprint density at radius 1 is 0.971 bits per heavy atom. The van der Waals surface area contributed by atoms with E-state index in [9.17, 15) is 9.59 Å². The number of aryl methyl sites for hydroxylation is 1. The van der Waals surface area contributed by atoms with Gasteiger partial charge in [-0.05, 0) is 61.2 Å². The molecule has 3 aromatic carbocycles. The number of halogens is 1. The van der Waals surface area contributed by atoms with Crippen LogP contribution in [0.3, 0.4) is 0 Å². The molecular formula is C29H33BrN2O3. The first-order valence-electron chi connectivity index (χ1n) is 11.9. The fraction of sp³-hybridized carbons (Fsp3) is 0.310. The number of benzene rings is 3. The topological polar surface area (TPSA) is 58.6 Å². The zero-order valence-electron chi connectivity index (χ0n) is 20.5. The Hall–Kier alpha value is -3.12. The van der Waals surface area contributed by atoms with Crippen molar-refractivity contribution in [2.45, 2.75) is 52.2 Å². The molecule has 0 saturated heterocycles. The summed E-state index contributed by atoms with van der Waals surface area (Å²) in [6.45, 7) is 6.12. The van der Waals surface area contributed by atoms with Crippen molar-refractivity contribution in [2.75, 3.05) is 6.61 Å². The Balaban J connectivity index is 1.90. The second-order valence-corrected chi connectivity index (χ2v) is 9.69.